The van der Waals surface area contributed by atoms with Crippen LogP contribution in [0.5, 0.6) is 0 Å². The normalized spacial score (nSPS) is 27.3. The van der Waals surface area contributed by atoms with Crippen LogP contribution in [0, 0.1) is 5.92 Å². The molecular weight excluding hydrogens is 375 g/mol. The molecule has 3 N–H and O–H groups in total. The fourth-order valence-corrected chi connectivity index (χ4v) is 4.35. The summed E-state index contributed by atoms with van der Waals surface area (Å²) in [7, 11) is 0. The molecule has 3 fully saturated rings. The summed E-state index contributed by atoms with van der Waals surface area (Å²) in [5.74, 6) is 0.541. The van der Waals surface area contributed by atoms with Gasteiger partial charge in [0, 0.05) is 44.2 Å². The van der Waals surface area contributed by atoms with E-state index in [1.54, 1.807) is 0 Å². The summed E-state index contributed by atoms with van der Waals surface area (Å²) in [6, 6.07) is 0.574. The Kier molecular flexibility index (Phi) is 10.2. The van der Waals surface area contributed by atoms with Crippen LogP contribution in [0.2, 0.25) is 0 Å². The highest BCUT2D eigenvalue weighted by Gasteiger charge is 2.32. The fourth-order valence-electron chi connectivity index (χ4n) is 4.35. The van der Waals surface area contributed by atoms with E-state index in [0.717, 1.165) is 58.3 Å². The average molecular weight is 409 g/mol. The highest BCUT2D eigenvalue weighted by molar-refractivity contribution is 5.85. The largest absolute Gasteiger partial charge is 0.352 e. The molecule has 0 aromatic rings. The molecule has 152 valence electrons. The summed E-state index contributed by atoms with van der Waals surface area (Å²) < 4.78 is 0. The number of hydrogen-bond acceptors (Lipinski definition) is 4. The summed E-state index contributed by atoms with van der Waals surface area (Å²) >= 11 is 0. The molecule has 6 nitrogen and oxygen atoms in total. The lowest BCUT2D eigenvalue weighted by atomic mass is 9.95. The molecule has 2 amide bonds. The van der Waals surface area contributed by atoms with Crippen LogP contribution >= 0.6 is 24.8 Å². The highest BCUT2D eigenvalue weighted by atomic mass is 35.5. The lowest BCUT2D eigenvalue weighted by Gasteiger charge is -2.36. The van der Waals surface area contributed by atoms with E-state index in [-0.39, 0.29) is 48.6 Å². The van der Waals surface area contributed by atoms with Crippen molar-refractivity contribution in [1.29, 1.82) is 0 Å². The summed E-state index contributed by atoms with van der Waals surface area (Å²) in [5, 5.41) is 3.17. The van der Waals surface area contributed by atoms with Gasteiger partial charge in [0.25, 0.3) is 0 Å². The number of amides is 2. The molecule has 2 aliphatic carbocycles. The van der Waals surface area contributed by atoms with Crippen molar-refractivity contribution in [3.8, 4) is 0 Å². The van der Waals surface area contributed by atoms with Crippen molar-refractivity contribution < 1.29 is 9.59 Å². The standard InChI is InChI=1S/C18H32N4O2.2ClH/c19-15-7-6-14(12-15)18(24)22-10-8-21(9-11-22)13-17(23)20-16-4-2-1-3-5-16;;/h14-16H,1-13,19H2,(H,20,23);2*1H. The lowest BCUT2D eigenvalue weighted by Crippen LogP contribution is -2.53. The van der Waals surface area contributed by atoms with Gasteiger partial charge in [-0.05, 0) is 32.1 Å². The molecule has 0 bridgehead atoms. The van der Waals surface area contributed by atoms with Gasteiger partial charge >= 0.3 is 0 Å². The van der Waals surface area contributed by atoms with Crippen LogP contribution in [0.15, 0.2) is 0 Å². The number of nitrogens with two attached hydrogens (primary N) is 1. The van der Waals surface area contributed by atoms with Gasteiger partial charge in [0.15, 0.2) is 0 Å². The van der Waals surface area contributed by atoms with E-state index in [1.807, 2.05) is 4.90 Å². The topological polar surface area (TPSA) is 78.7 Å². The van der Waals surface area contributed by atoms with Crippen molar-refractivity contribution >= 4 is 36.6 Å². The molecule has 3 rings (SSSR count). The molecule has 2 atom stereocenters. The van der Waals surface area contributed by atoms with Crippen LogP contribution < -0.4 is 11.1 Å². The Morgan fingerprint density at radius 1 is 0.923 bits per heavy atom. The molecule has 3 aliphatic rings. The van der Waals surface area contributed by atoms with Crippen molar-refractivity contribution in [3.05, 3.63) is 0 Å². The van der Waals surface area contributed by atoms with Crippen molar-refractivity contribution in [2.75, 3.05) is 32.7 Å². The van der Waals surface area contributed by atoms with Crippen LogP contribution in [-0.2, 0) is 9.59 Å². The molecule has 1 aliphatic heterocycles. The van der Waals surface area contributed by atoms with Gasteiger partial charge in [-0.2, -0.15) is 0 Å². The second kappa shape index (κ2) is 11.3. The Morgan fingerprint density at radius 3 is 2.15 bits per heavy atom. The van der Waals surface area contributed by atoms with Crippen molar-refractivity contribution in [2.45, 2.75) is 63.5 Å². The van der Waals surface area contributed by atoms with Gasteiger partial charge in [-0.25, -0.2) is 0 Å². The number of carbonyl (C=O) groups is 2. The van der Waals surface area contributed by atoms with Crippen LogP contribution in [0.1, 0.15) is 51.4 Å². The van der Waals surface area contributed by atoms with Gasteiger partial charge < -0.3 is 16.0 Å². The Bertz CT molecular complexity index is 452. The van der Waals surface area contributed by atoms with Crippen LogP contribution in [0.4, 0.5) is 0 Å². The lowest BCUT2D eigenvalue weighted by molar-refractivity contribution is -0.137. The predicted molar refractivity (Wildman–Crippen MR) is 108 cm³/mol. The predicted octanol–water partition coefficient (Wildman–Crippen LogP) is 1.55. The van der Waals surface area contributed by atoms with Crippen LogP contribution in [0.3, 0.4) is 0 Å². The molecule has 1 saturated heterocycles. The first-order chi connectivity index (χ1) is 11.6. The van der Waals surface area contributed by atoms with Crippen LogP contribution in [0.25, 0.3) is 0 Å². The van der Waals surface area contributed by atoms with Crippen molar-refractivity contribution in [3.63, 3.8) is 0 Å². The zero-order valence-corrected chi connectivity index (χ0v) is 17.2. The van der Waals surface area contributed by atoms with Gasteiger partial charge in [-0.15, -0.1) is 24.8 Å². The van der Waals surface area contributed by atoms with E-state index >= 15 is 0 Å². The van der Waals surface area contributed by atoms with E-state index in [1.165, 1.54) is 19.3 Å². The maximum absolute atomic E-state index is 12.5. The molecule has 2 saturated carbocycles. The molecular formula is C18H34Cl2N4O2. The molecule has 8 heteroatoms. The van der Waals surface area contributed by atoms with Gasteiger partial charge in [0.2, 0.25) is 11.8 Å². The van der Waals surface area contributed by atoms with E-state index in [4.69, 9.17) is 5.73 Å². The first kappa shape index (κ1) is 23.5. The third kappa shape index (κ3) is 6.55. The second-order valence-electron chi connectivity index (χ2n) is 7.77. The summed E-state index contributed by atoms with van der Waals surface area (Å²) in [4.78, 5) is 28.8. The Morgan fingerprint density at radius 2 is 1.58 bits per heavy atom. The smallest absolute Gasteiger partial charge is 0.234 e. The Hall–Kier alpha value is -0.560. The Labute approximate surface area is 169 Å². The second-order valence-corrected chi connectivity index (χ2v) is 7.77. The fraction of sp³-hybridized carbons (Fsp3) is 0.889. The SMILES string of the molecule is Cl.Cl.NC1CCC(C(=O)N2CCN(CC(=O)NC3CCCCC3)CC2)C1. The van der Waals surface area contributed by atoms with E-state index in [0.29, 0.717) is 12.6 Å². The minimum Gasteiger partial charge on any atom is -0.352 e. The zero-order valence-electron chi connectivity index (χ0n) is 15.5. The first-order valence-corrected chi connectivity index (χ1v) is 9.68. The summed E-state index contributed by atoms with van der Waals surface area (Å²) in [6.45, 7) is 3.53. The van der Waals surface area contributed by atoms with E-state index in [2.05, 4.69) is 10.2 Å². The number of nitrogens with one attached hydrogen (secondary N) is 1. The quantitative estimate of drug-likeness (QED) is 0.739. The highest BCUT2D eigenvalue weighted by Crippen LogP contribution is 2.26. The molecule has 26 heavy (non-hydrogen) atoms. The number of halogens is 2. The van der Waals surface area contributed by atoms with Crippen molar-refractivity contribution in [1.82, 2.24) is 15.1 Å². The van der Waals surface area contributed by atoms with Gasteiger partial charge in [0.1, 0.15) is 0 Å². The van der Waals surface area contributed by atoms with E-state index in [9.17, 15) is 9.59 Å². The maximum atomic E-state index is 12.5. The number of rotatable bonds is 4. The first-order valence-electron chi connectivity index (χ1n) is 9.68. The van der Waals surface area contributed by atoms with Gasteiger partial charge in [0.05, 0.1) is 6.54 Å². The molecule has 0 spiro atoms. The number of carbonyl (C=O) groups excluding carboxylic acids is 2. The average Bonchev–Trinajstić information content (AvgIpc) is 3.02. The molecule has 0 aromatic carbocycles. The third-order valence-corrected chi connectivity index (χ3v) is 5.84. The maximum Gasteiger partial charge on any atom is 0.234 e. The Balaban J connectivity index is 0.00000169. The van der Waals surface area contributed by atoms with Gasteiger partial charge in [-0.1, -0.05) is 19.3 Å². The zero-order chi connectivity index (χ0) is 16.9. The number of hydrogen-bond donors (Lipinski definition) is 2. The molecule has 1 heterocycles. The summed E-state index contributed by atoms with van der Waals surface area (Å²) in [5.41, 5.74) is 5.92. The van der Waals surface area contributed by atoms with Gasteiger partial charge in [-0.3, -0.25) is 14.5 Å². The third-order valence-electron chi connectivity index (χ3n) is 5.84. The number of nitrogens with zero attached hydrogens (tertiary/aromatic N) is 2. The summed E-state index contributed by atoms with van der Waals surface area (Å²) in [6.07, 6.45) is 8.75. The van der Waals surface area contributed by atoms with Crippen molar-refractivity contribution in [2.24, 2.45) is 11.7 Å². The molecule has 2 unspecified atom stereocenters. The van der Waals surface area contributed by atoms with Crippen LogP contribution in [-0.4, -0.2) is 66.4 Å². The number of piperazine rings is 1. The minimum atomic E-state index is 0. The minimum absolute atomic E-state index is 0. The van der Waals surface area contributed by atoms with E-state index < -0.39 is 0 Å². The molecule has 0 aromatic heterocycles. The monoisotopic (exact) mass is 408 g/mol. The molecule has 0 radical (unpaired) electrons.